The molecule has 1 aliphatic heterocycles. The highest BCUT2D eigenvalue weighted by Gasteiger charge is 2.24. The minimum Gasteiger partial charge on any atom is -0.493 e. The molecule has 2 heterocycles. The minimum atomic E-state index is -1.26. The average Bonchev–Trinajstić information content (AvgIpc) is 3.68. The summed E-state index contributed by atoms with van der Waals surface area (Å²) in [4.78, 5) is 23.8. The second kappa shape index (κ2) is 14.0. The lowest BCUT2D eigenvalue weighted by Gasteiger charge is -2.33. The summed E-state index contributed by atoms with van der Waals surface area (Å²) in [6.07, 6.45) is 8.35. The van der Waals surface area contributed by atoms with Gasteiger partial charge in [0, 0.05) is 42.9 Å². The number of aryl methyl sites for hydroxylation is 1. The van der Waals surface area contributed by atoms with Crippen LogP contribution in [0.2, 0.25) is 0 Å². The summed E-state index contributed by atoms with van der Waals surface area (Å²) in [5.74, 6) is -0.0745. The first-order valence-corrected chi connectivity index (χ1v) is 13.9. The van der Waals surface area contributed by atoms with Crippen molar-refractivity contribution in [1.82, 2.24) is 10.1 Å². The third-order valence-electron chi connectivity index (χ3n) is 7.32. The van der Waals surface area contributed by atoms with E-state index in [1.807, 2.05) is 0 Å². The number of carbonyl (C=O) groups is 2. The highest BCUT2D eigenvalue weighted by Crippen LogP contribution is 2.35. The van der Waals surface area contributed by atoms with Crippen molar-refractivity contribution in [3.8, 4) is 5.75 Å². The molecule has 9 heteroatoms. The van der Waals surface area contributed by atoms with Gasteiger partial charge >= 0.3 is 11.9 Å². The van der Waals surface area contributed by atoms with Crippen LogP contribution in [0.3, 0.4) is 0 Å². The quantitative estimate of drug-likeness (QED) is 0.310. The Labute approximate surface area is 235 Å². The number of benzene rings is 2. The molecule has 40 heavy (non-hydrogen) atoms. The van der Waals surface area contributed by atoms with Crippen molar-refractivity contribution in [3.05, 3.63) is 65.9 Å². The molecule has 2 fully saturated rings. The molecule has 2 N–H and O–H groups in total. The van der Waals surface area contributed by atoms with Gasteiger partial charge in [0.2, 0.25) is 0 Å². The number of carboxylic acids is 2. The molecule has 1 aliphatic carbocycles. The maximum absolute atomic E-state index is 9.55. The number of ether oxygens (including phenoxy) is 1. The Morgan fingerprint density at radius 3 is 2.27 bits per heavy atom. The molecule has 0 radical (unpaired) electrons. The molecule has 2 aromatic carbocycles. The Morgan fingerprint density at radius 2 is 1.68 bits per heavy atom. The maximum Gasteiger partial charge on any atom is 0.328 e. The first-order chi connectivity index (χ1) is 19.3. The van der Waals surface area contributed by atoms with Crippen LogP contribution in [0.25, 0.3) is 11.0 Å². The normalized spacial score (nSPS) is 15.8. The lowest BCUT2D eigenvalue weighted by Crippen LogP contribution is -2.33. The van der Waals surface area contributed by atoms with Gasteiger partial charge in [0.05, 0.1) is 17.9 Å². The number of hydrogen-bond acceptors (Lipinski definition) is 7. The van der Waals surface area contributed by atoms with E-state index in [1.165, 1.54) is 37.8 Å². The lowest BCUT2D eigenvalue weighted by atomic mass is 9.91. The molecular formula is C31H39N3O6. The summed E-state index contributed by atoms with van der Waals surface area (Å²) in [6.45, 7) is 3.89. The molecule has 9 nitrogen and oxygen atoms in total. The van der Waals surface area contributed by atoms with Gasteiger partial charge in [-0.25, -0.2) is 9.59 Å². The molecule has 0 bridgehead atoms. The smallest absolute Gasteiger partial charge is 0.328 e. The van der Waals surface area contributed by atoms with Crippen LogP contribution >= 0.6 is 0 Å². The van der Waals surface area contributed by atoms with E-state index < -0.39 is 11.9 Å². The zero-order chi connectivity index (χ0) is 28.5. The van der Waals surface area contributed by atoms with Gasteiger partial charge in [-0.15, -0.1) is 0 Å². The number of aliphatic carboxylic acids is 2. The molecule has 214 valence electrons. The van der Waals surface area contributed by atoms with Crippen LogP contribution in [-0.2, 0) is 22.6 Å². The van der Waals surface area contributed by atoms with Crippen LogP contribution in [0.5, 0.6) is 5.75 Å². The Morgan fingerprint density at radius 1 is 1.00 bits per heavy atom. The predicted molar refractivity (Wildman–Crippen MR) is 154 cm³/mol. The average molecular weight is 550 g/mol. The predicted octanol–water partition coefficient (Wildman–Crippen LogP) is 5.24. The number of rotatable bonds is 11. The first-order valence-electron chi connectivity index (χ1n) is 13.9. The fourth-order valence-corrected chi connectivity index (χ4v) is 4.97. The highest BCUT2D eigenvalue weighted by atomic mass is 16.5. The van der Waals surface area contributed by atoms with E-state index in [0.717, 1.165) is 72.5 Å². The Hall–Kier alpha value is -3.85. The van der Waals surface area contributed by atoms with E-state index >= 15 is 0 Å². The second-order valence-electron chi connectivity index (χ2n) is 10.9. The molecule has 3 aromatic rings. The molecule has 0 unspecified atom stereocenters. The zero-order valence-electron chi connectivity index (χ0n) is 23.3. The molecule has 1 aromatic heterocycles. The number of hydrogen-bond donors (Lipinski definition) is 2. The number of aromatic nitrogens is 1. The summed E-state index contributed by atoms with van der Waals surface area (Å²) in [7, 11) is 4.17. The van der Waals surface area contributed by atoms with Crippen molar-refractivity contribution in [1.29, 1.82) is 0 Å². The van der Waals surface area contributed by atoms with Crippen molar-refractivity contribution in [2.24, 2.45) is 11.8 Å². The van der Waals surface area contributed by atoms with Gasteiger partial charge in [0.15, 0.2) is 5.58 Å². The first kappa shape index (κ1) is 29.1. The number of nitrogens with zero attached hydrogens (tertiary/aromatic N) is 3. The van der Waals surface area contributed by atoms with Crippen LogP contribution < -0.4 is 9.64 Å². The van der Waals surface area contributed by atoms with E-state index in [0.29, 0.717) is 12.2 Å². The van der Waals surface area contributed by atoms with Crippen LogP contribution in [0, 0.1) is 11.8 Å². The molecule has 0 spiro atoms. The third kappa shape index (κ3) is 8.58. The molecule has 5 rings (SSSR count). The van der Waals surface area contributed by atoms with Crippen molar-refractivity contribution in [2.75, 3.05) is 38.7 Å². The second-order valence-corrected chi connectivity index (χ2v) is 10.9. The maximum atomic E-state index is 9.55. The summed E-state index contributed by atoms with van der Waals surface area (Å²) in [6, 6.07) is 15.1. The highest BCUT2D eigenvalue weighted by molar-refractivity contribution is 5.89. The van der Waals surface area contributed by atoms with Gasteiger partial charge in [-0.1, -0.05) is 23.4 Å². The summed E-state index contributed by atoms with van der Waals surface area (Å²) in [5.41, 5.74) is 4.48. The Bertz CT molecular complexity index is 1280. The largest absolute Gasteiger partial charge is 0.493 e. The van der Waals surface area contributed by atoms with E-state index in [2.05, 4.69) is 71.5 Å². The van der Waals surface area contributed by atoms with Crippen molar-refractivity contribution in [3.63, 3.8) is 0 Å². The molecule has 1 saturated heterocycles. The monoisotopic (exact) mass is 549 g/mol. The number of para-hydroxylation sites is 1. The number of anilines is 1. The van der Waals surface area contributed by atoms with Crippen LogP contribution in [-0.4, -0.2) is 66.0 Å². The van der Waals surface area contributed by atoms with Gasteiger partial charge < -0.3 is 29.3 Å². The molecule has 1 saturated carbocycles. The summed E-state index contributed by atoms with van der Waals surface area (Å²) >= 11 is 0. The van der Waals surface area contributed by atoms with Crippen LogP contribution in [0.15, 0.2) is 59.1 Å². The van der Waals surface area contributed by atoms with Gasteiger partial charge in [-0.2, -0.15) is 0 Å². The fraction of sp³-hybridized carbons (Fsp3) is 0.452. The van der Waals surface area contributed by atoms with Crippen molar-refractivity contribution < 1.29 is 29.1 Å². The van der Waals surface area contributed by atoms with Crippen molar-refractivity contribution >= 4 is 28.6 Å². The van der Waals surface area contributed by atoms with Gasteiger partial charge in [-0.3, -0.25) is 0 Å². The minimum absolute atomic E-state index is 0.558. The summed E-state index contributed by atoms with van der Waals surface area (Å²) < 4.78 is 12.1. The van der Waals surface area contributed by atoms with E-state index in [1.54, 1.807) is 0 Å². The number of fused-ring (bicyclic) bond motifs is 1. The van der Waals surface area contributed by atoms with Gasteiger partial charge in [0.25, 0.3) is 0 Å². The van der Waals surface area contributed by atoms with Gasteiger partial charge in [0.1, 0.15) is 5.75 Å². The standard InChI is InChI=1S/C27H35N3O2.C4H4O4/c1-29(2)18-24-26(31-19-21-8-9-21)13-11-23-25(28-32-27(23)24)12-10-20-14-16-30(17-15-20)22-6-4-3-5-7-22;5-3(6)1-2-4(7)8/h3-7,11,13,20-21H,8-10,12,14-19H2,1-2H3;1-2H,(H,5,6)(H,7,8)/b;2-1+. The molecule has 0 atom stereocenters. The summed E-state index contributed by atoms with van der Waals surface area (Å²) in [5, 5.41) is 21.3. The lowest BCUT2D eigenvalue weighted by molar-refractivity contribution is -0.134. The number of carboxylic acid groups (broad SMARTS) is 2. The van der Waals surface area contributed by atoms with Crippen molar-refractivity contribution in [2.45, 2.75) is 45.1 Å². The topological polar surface area (TPSA) is 116 Å². The zero-order valence-corrected chi connectivity index (χ0v) is 23.3. The molecule has 0 amide bonds. The van der Waals surface area contributed by atoms with Crippen LogP contribution in [0.4, 0.5) is 5.69 Å². The van der Waals surface area contributed by atoms with Gasteiger partial charge in [-0.05, 0) is 88.7 Å². The Kier molecular flexibility index (Phi) is 10.2. The van der Waals surface area contributed by atoms with E-state index in [9.17, 15) is 9.59 Å². The van der Waals surface area contributed by atoms with E-state index in [-0.39, 0.29) is 0 Å². The molecular weight excluding hydrogens is 510 g/mol. The Balaban J connectivity index is 0.000000406. The van der Waals surface area contributed by atoms with E-state index in [4.69, 9.17) is 19.5 Å². The van der Waals surface area contributed by atoms with Crippen LogP contribution in [0.1, 0.15) is 43.4 Å². The molecule has 2 aliphatic rings. The SMILES string of the molecule is CN(C)Cc1c(OCC2CC2)ccc2c(CCC3CCN(c4ccccc4)CC3)noc12.O=C(O)/C=C/C(=O)O. The number of piperidine rings is 1. The third-order valence-corrected chi connectivity index (χ3v) is 7.32. The fourth-order valence-electron chi connectivity index (χ4n) is 4.97.